The summed E-state index contributed by atoms with van der Waals surface area (Å²) in [5, 5.41) is 13.6. The first-order valence-corrected chi connectivity index (χ1v) is 8.57. The Labute approximate surface area is 148 Å². The zero-order valence-electron chi connectivity index (χ0n) is 13.6. The van der Waals surface area contributed by atoms with Gasteiger partial charge >= 0.3 is 5.97 Å². The molecule has 1 aromatic carbocycles. The number of carbonyl (C=O) groups is 2. The smallest absolute Gasteiger partial charge is 0.323 e. The molecule has 0 atom stereocenters. The molecule has 2 N–H and O–H groups in total. The maximum absolute atomic E-state index is 12.5. The molecule has 0 spiro atoms. The van der Waals surface area contributed by atoms with Gasteiger partial charge in [0, 0.05) is 18.0 Å². The fourth-order valence-corrected chi connectivity index (χ4v) is 3.31. The summed E-state index contributed by atoms with van der Waals surface area (Å²) < 4.78 is 1.50. The first-order valence-electron chi connectivity index (χ1n) is 7.69. The molecule has 0 unspecified atom stereocenters. The highest BCUT2D eigenvalue weighted by atomic mass is 32.1. The largest absolute Gasteiger partial charge is 0.480 e. The predicted octanol–water partition coefficient (Wildman–Crippen LogP) is 2.93. The van der Waals surface area contributed by atoms with Crippen molar-refractivity contribution < 1.29 is 14.7 Å². The van der Waals surface area contributed by atoms with Crippen molar-refractivity contribution in [1.82, 2.24) is 14.9 Å². The van der Waals surface area contributed by atoms with Gasteiger partial charge in [0.05, 0.1) is 11.4 Å². The number of imidazole rings is 1. The van der Waals surface area contributed by atoms with Crippen LogP contribution in [0.1, 0.15) is 21.1 Å². The number of aromatic nitrogens is 2. The lowest BCUT2D eigenvalue weighted by Crippen LogP contribution is -2.25. The number of aliphatic carboxylic acids is 1. The van der Waals surface area contributed by atoms with Crippen LogP contribution in [0.3, 0.4) is 0 Å². The van der Waals surface area contributed by atoms with Crippen LogP contribution in [0.15, 0.2) is 48.1 Å². The molecular formula is C18H17N3O3S. The Morgan fingerprint density at radius 1 is 1.24 bits per heavy atom. The van der Waals surface area contributed by atoms with Crippen molar-refractivity contribution >= 4 is 23.2 Å². The number of carbonyl (C=O) groups excluding carboxylic acids is 1. The summed E-state index contributed by atoms with van der Waals surface area (Å²) >= 11 is 1.38. The minimum Gasteiger partial charge on any atom is -0.480 e. The van der Waals surface area contributed by atoms with Gasteiger partial charge in [-0.15, -0.1) is 11.3 Å². The number of hydrogen-bond acceptors (Lipinski definition) is 4. The van der Waals surface area contributed by atoms with Gasteiger partial charge in [-0.1, -0.05) is 29.8 Å². The van der Waals surface area contributed by atoms with Crippen molar-refractivity contribution in [1.29, 1.82) is 0 Å². The molecule has 3 rings (SSSR count). The van der Waals surface area contributed by atoms with E-state index in [1.807, 2.05) is 42.6 Å². The summed E-state index contributed by atoms with van der Waals surface area (Å²) in [4.78, 5) is 28.1. The highest BCUT2D eigenvalue weighted by Crippen LogP contribution is 2.28. The van der Waals surface area contributed by atoms with Crippen molar-refractivity contribution in [3.63, 3.8) is 0 Å². The van der Waals surface area contributed by atoms with Crippen molar-refractivity contribution in [3.8, 4) is 11.1 Å². The first-order chi connectivity index (χ1) is 12.0. The lowest BCUT2D eigenvalue weighted by Gasteiger charge is -2.08. The van der Waals surface area contributed by atoms with Gasteiger partial charge < -0.3 is 15.0 Å². The summed E-state index contributed by atoms with van der Waals surface area (Å²) in [6, 6.07) is 9.94. The van der Waals surface area contributed by atoms with Crippen LogP contribution < -0.4 is 5.32 Å². The van der Waals surface area contributed by atoms with Crippen LogP contribution in [-0.4, -0.2) is 26.5 Å². The van der Waals surface area contributed by atoms with E-state index < -0.39 is 5.97 Å². The van der Waals surface area contributed by atoms with Gasteiger partial charge in [0.25, 0.3) is 5.91 Å². The van der Waals surface area contributed by atoms with Crippen LogP contribution in [-0.2, 0) is 17.9 Å². The Morgan fingerprint density at radius 2 is 2.00 bits per heavy atom. The van der Waals surface area contributed by atoms with E-state index >= 15 is 0 Å². The van der Waals surface area contributed by atoms with Gasteiger partial charge in [-0.05, 0) is 23.9 Å². The van der Waals surface area contributed by atoms with Crippen LogP contribution in [0, 0.1) is 6.92 Å². The SMILES string of the molecule is Cc1ccc(-c2ccsc2C(=O)NCc2nccn2CC(=O)O)cc1. The molecule has 25 heavy (non-hydrogen) atoms. The summed E-state index contributed by atoms with van der Waals surface area (Å²) in [6.45, 7) is 2.01. The highest BCUT2D eigenvalue weighted by molar-refractivity contribution is 7.12. The molecule has 7 heteroatoms. The van der Waals surface area contributed by atoms with Crippen LogP contribution in [0.5, 0.6) is 0 Å². The molecule has 6 nitrogen and oxygen atoms in total. The maximum Gasteiger partial charge on any atom is 0.323 e. The third kappa shape index (κ3) is 3.95. The second kappa shape index (κ2) is 7.31. The zero-order chi connectivity index (χ0) is 17.8. The lowest BCUT2D eigenvalue weighted by molar-refractivity contribution is -0.137. The molecule has 0 aliphatic carbocycles. The second-order valence-corrected chi connectivity index (χ2v) is 6.49. The minimum atomic E-state index is -0.953. The fraction of sp³-hybridized carbons (Fsp3) is 0.167. The molecule has 0 bridgehead atoms. The molecule has 1 amide bonds. The third-order valence-corrected chi connectivity index (χ3v) is 4.66. The number of carboxylic acids is 1. The van der Waals surface area contributed by atoms with Crippen LogP contribution in [0.25, 0.3) is 11.1 Å². The molecule has 3 aromatic rings. The summed E-state index contributed by atoms with van der Waals surface area (Å²) in [5.74, 6) is -0.648. The van der Waals surface area contributed by atoms with Crippen LogP contribution >= 0.6 is 11.3 Å². The molecule has 0 saturated carbocycles. The molecule has 0 aliphatic heterocycles. The lowest BCUT2D eigenvalue weighted by atomic mass is 10.0. The van der Waals surface area contributed by atoms with E-state index in [1.54, 1.807) is 6.20 Å². The molecule has 0 saturated heterocycles. The van der Waals surface area contributed by atoms with Gasteiger partial charge in [-0.25, -0.2) is 4.98 Å². The summed E-state index contributed by atoms with van der Waals surface area (Å²) in [6.07, 6.45) is 3.10. The highest BCUT2D eigenvalue weighted by Gasteiger charge is 2.15. The van der Waals surface area contributed by atoms with E-state index in [9.17, 15) is 9.59 Å². The Morgan fingerprint density at radius 3 is 2.72 bits per heavy atom. The average molecular weight is 355 g/mol. The number of benzene rings is 1. The molecular weight excluding hydrogens is 338 g/mol. The van der Waals surface area contributed by atoms with E-state index in [0.717, 1.165) is 16.7 Å². The molecule has 128 valence electrons. The summed E-state index contributed by atoms with van der Waals surface area (Å²) in [7, 11) is 0. The Hall–Kier alpha value is -2.93. The number of amides is 1. The van der Waals surface area contributed by atoms with Gasteiger partial charge in [0.15, 0.2) is 0 Å². The van der Waals surface area contributed by atoms with Crippen LogP contribution in [0.4, 0.5) is 0 Å². The van der Waals surface area contributed by atoms with Crippen molar-refractivity contribution in [2.75, 3.05) is 0 Å². The standard InChI is InChI=1S/C18H17N3O3S/c1-12-2-4-13(5-3-12)14-6-9-25-17(14)18(24)20-10-15-19-7-8-21(15)11-16(22)23/h2-9H,10-11H2,1H3,(H,20,24)(H,22,23). The normalized spacial score (nSPS) is 10.6. The third-order valence-electron chi connectivity index (χ3n) is 3.75. The molecule has 0 fully saturated rings. The van der Waals surface area contributed by atoms with E-state index in [-0.39, 0.29) is 19.0 Å². The topological polar surface area (TPSA) is 84.2 Å². The predicted molar refractivity (Wildman–Crippen MR) is 95.5 cm³/mol. The quantitative estimate of drug-likeness (QED) is 0.712. The van der Waals surface area contributed by atoms with Crippen molar-refractivity contribution in [2.45, 2.75) is 20.0 Å². The van der Waals surface area contributed by atoms with Gasteiger partial charge in [0.1, 0.15) is 12.4 Å². The van der Waals surface area contributed by atoms with Gasteiger partial charge in [-0.2, -0.15) is 0 Å². The van der Waals surface area contributed by atoms with E-state index in [4.69, 9.17) is 5.11 Å². The second-order valence-electron chi connectivity index (χ2n) is 5.58. The number of nitrogens with zero attached hydrogens (tertiary/aromatic N) is 2. The number of rotatable bonds is 6. The Kier molecular flexibility index (Phi) is 4.95. The number of aryl methyl sites for hydroxylation is 1. The van der Waals surface area contributed by atoms with Crippen molar-refractivity contribution in [2.24, 2.45) is 0 Å². The minimum absolute atomic E-state index is 0.171. The molecule has 2 heterocycles. The summed E-state index contributed by atoms with van der Waals surface area (Å²) in [5.41, 5.74) is 3.04. The molecule has 0 aliphatic rings. The number of thiophene rings is 1. The maximum atomic E-state index is 12.5. The molecule has 2 aromatic heterocycles. The number of carboxylic acid groups (broad SMARTS) is 1. The van der Waals surface area contributed by atoms with E-state index in [0.29, 0.717) is 10.7 Å². The molecule has 0 radical (unpaired) electrons. The monoisotopic (exact) mass is 355 g/mol. The Balaban J connectivity index is 1.73. The van der Waals surface area contributed by atoms with E-state index in [2.05, 4.69) is 10.3 Å². The first kappa shape index (κ1) is 16.9. The van der Waals surface area contributed by atoms with E-state index in [1.165, 1.54) is 22.1 Å². The van der Waals surface area contributed by atoms with Crippen LogP contribution in [0.2, 0.25) is 0 Å². The van der Waals surface area contributed by atoms with Gasteiger partial charge in [-0.3, -0.25) is 9.59 Å². The number of hydrogen-bond donors (Lipinski definition) is 2. The average Bonchev–Trinajstić information content (AvgIpc) is 3.22. The fourth-order valence-electron chi connectivity index (χ4n) is 2.48. The Bertz CT molecular complexity index is 896. The zero-order valence-corrected chi connectivity index (χ0v) is 14.4. The van der Waals surface area contributed by atoms with Gasteiger partial charge in [0.2, 0.25) is 0 Å². The number of nitrogens with one attached hydrogen (secondary N) is 1. The van der Waals surface area contributed by atoms with Crippen molar-refractivity contribution in [3.05, 3.63) is 64.4 Å².